The molecule has 4 rings (SSSR count). The number of nitrogens with two attached hydrogens (primary N) is 2. The van der Waals surface area contributed by atoms with Gasteiger partial charge in [0.2, 0.25) is 0 Å². The largest absolute Gasteiger partial charge is 0.444 e. The topological polar surface area (TPSA) is 130 Å². The van der Waals surface area contributed by atoms with Crippen LogP contribution in [0.15, 0.2) is 0 Å². The molecule has 0 aliphatic carbocycles. The summed E-state index contributed by atoms with van der Waals surface area (Å²) in [4.78, 5) is 27.6. The zero-order chi connectivity index (χ0) is 26.7. The van der Waals surface area contributed by atoms with Crippen molar-refractivity contribution in [1.29, 1.82) is 0 Å². The Morgan fingerprint density at radius 3 is 1.42 bits per heavy atom. The average molecular weight is 513 g/mol. The van der Waals surface area contributed by atoms with Gasteiger partial charge in [-0.2, -0.15) is 0 Å². The first kappa shape index (κ1) is 28.9. The molecule has 10 nitrogen and oxygen atoms in total. The molecule has 0 bridgehead atoms. The van der Waals surface area contributed by atoms with Crippen LogP contribution < -0.4 is 11.5 Å². The minimum atomic E-state index is -0.437. The number of fused-ring (bicyclic) bond motifs is 2. The van der Waals surface area contributed by atoms with Gasteiger partial charge in [-0.15, -0.1) is 0 Å². The van der Waals surface area contributed by atoms with Crippen molar-refractivity contribution in [3.63, 3.8) is 0 Å². The lowest BCUT2D eigenvalue weighted by atomic mass is 9.85. The summed E-state index contributed by atoms with van der Waals surface area (Å²) in [5.41, 5.74) is 10.5. The maximum Gasteiger partial charge on any atom is 0.410 e. The molecule has 4 heterocycles. The number of hydrogen-bond donors (Lipinski definition) is 2. The molecule has 0 saturated carbocycles. The van der Waals surface area contributed by atoms with Gasteiger partial charge in [-0.05, 0) is 66.2 Å². The van der Waals surface area contributed by atoms with Gasteiger partial charge in [-0.3, -0.25) is 0 Å². The second kappa shape index (κ2) is 11.8. The third-order valence-corrected chi connectivity index (χ3v) is 7.38. The highest BCUT2D eigenvalue weighted by Crippen LogP contribution is 2.35. The van der Waals surface area contributed by atoms with Crippen LogP contribution >= 0.6 is 0 Å². The average Bonchev–Trinajstić information content (AvgIpc) is 3.39. The molecule has 0 aromatic carbocycles. The molecule has 0 aromatic heterocycles. The fourth-order valence-corrected chi connectivity index (χ4v) is 5.53. The molecular weight excluding hydrogens is 464 g/mol. The Hall–Kier alpha value is -1.62. The third kappa shape index (κ3) is 7.69. The van der Waals surface area contributed by atoms with E-state index in [9.17, 15) is 9.59 Å². The molecular formula is C26H48N4O6. The number of amides is 2. The van der Waals surface area contributed by atoms with Gasteiger partial charge in [0.25, 0.3) is 0 Å². The van der Waals surface area contributed by atoms with Crippen LogP contribution in [-0.4, -0.2) is 97.9 Å². The van der Waals surface area contributed by atoms with Gasteiger partial charge in [-0.25, -0.2) is 9.59 Å². The van der Waals surface area contributed by atoms with E-state index in [2.05, 4.69) is 0 Å². The van der Waals surface area contributed by atoms with Crippen LogP contribution in [0.2, 0.25) is 0 Å². The van der Waals surface area contributed by atoms with Crippen LogP contribution in [0.3, 0.4) is 0 Å². The number of carbonyl (C=O) groups is 2. The van der Waals surface area contributed by atoms with Crippen LogP contribution in [0, 0.1) is 23.7 Å². The van der Waals surface area contributed by atoms with Crippen molar-refractivity contribution >= 4 is 12.2 Å². The van der Waals surface area contributed by atoms with E-state index >= 15 is 0 Å². The van der Waals surface area contributed by atoms with Crippen LogP contribution in [0.25, 0.3) is 0 Å². The first-order valence-electron chi connectivity index (χ1n) is 13.4. The van der Waals surface area contributed by atoms with Crippen molar-refractivity contribution in [2.45, 2.75) is 77.8 Å². The highest BCUT2D eigenvalue weighted by Gasteiger charge is 2.43. The van der Waals surface area contributed by atoms with Crippen molar-refractivity contribution in [3.8, 4) is 0 Å². The summed E-state index contributed by atoms with van der Waals surface area (Å²) in [6, 6.07) is 0. The van der Waals surface area contributed by atoms with Crippen molar-refractivity contribution in [2.24, 2.45) is 35.1 Å². The fraction of sp³-hybridized carbons (Fsp3) is 0.923. The maximum absolute atomic E-state index is 12.0. The van der Waals surface area contributed by atoms with Gasteiger partial charge in [0, 0.05) is 51.1 Å². The SMILES string of the molecule is CC(C)(C)OC(=O)N1CC[C@@H]2CO[C@H](CN)[C@@H]2C1.CC(C)(C)OC(=O)N1CC[C@H]2CO[C@@H](CN)[C@H]2C1. The van der Waals surface area contributed by atoms with Gasteiger partial charge in [0.15, 0.2) is 0 Å². The first-order chi connectivity index (χ1) is 16.8. The molecule has 6 atom stereocenters. The number of piperidine rings is 2. The lowest BCUT2D eigenvalue weighted by Crippen LogP contribution is -2.48. The van der Waals surface area contributed by atoms with E-state index in [1.807, 2.05) is 41.5 Å². The molecule has 4 aliphatic heterocycles. The molecule has 10 heteroatoms. The highest BCUT2D eigenvalue weighted by atomic mass is 16.6. The smallest absolute Gasteiger partial charge is 0.410 e. The van der Waals surface area contributed by atoms with Crippen molar-refractivity contribution < 1.29 is 28.5 Å². The number of carbonyl (C=O) groups excluding carboxylic acids is 2. The van der Waals surface area contributed by atoms with Crippen LogP contribution in [0.5, 0.6) is 0 Å². The summed E-state index contributed by atoms with van der Waals surface area (Å²) in [7, 11) is 0. The molecule has 0 radical (unpaired) electrons. The summed E-state index contributed by atoms with van der Waals surface area (Å²) in [5.74, 6) is 1.85. The standard InChI is InChI=1S/2C13H24N2O3/c2*1-13(2,3)18-12(16)15-5-4-9-8-17-11(6-14)10(9)7-15/h2*9-11H,4-8,14H2,1-3H3/t2*9-,10-,11-/m10/s1. The van der Waals surface area contributed by atoms with Gasteiger partial charge in [0.05, 0.1) is 25.4 Å². The Morgan fingerprint density at radius 1 is 0.750 bits per heavy atom. The lowest BCUT2D eigenvalue weighted by molar-refractivity contribution is 0.00940. The van der Waals surface area contributed by atoms with Crippen LogP contribution in [-0.2, 0) is 18.9 Å². The van der Waals surface area contributed by atoms with Crippen molar-refractivity contribution in [2.75, 3.05) is 52.5 Å². The molecule has 0 spiro atoms. The second-order valence-electron chi connectivity index (χ2n) is 12.5. The Morgan fingerprint density at radius 2 is 1.11 bits per heavy atom. The van der Waals surface area contributed by atoms with E-state index in [4.69, 9.17) is 30.4 Å². The van der Waals surface area contributed by atoms with E-state index in [-0.39, 0.29) is 24.4 Å². The minimum absolute atomic E-state index is 0.0974. The molecule has 4 saturated heterocycles. The molecule has 208 valence electrons. The zero-order valence-corrected chi connectivity index (χ0v) is 23.0. The lowest BCUT2D eigenvalue weighted by Gasteiger charge is -2.36. The predicted octanol–water partition coefficient (Wildman–Crippen LogP) is 2.43. The monoisotopic (exact) mass is 512 g/mol. The Kier molecular flexibility index (Phi) is 9.52. The summed E-state index contributed by atoms with van der Waals surface area (Å²) in [5, 5.41) is 0. The van der Waals surface area contributed by atoms with Gasteiger partial charge in [-0.1, -0.05) is 0 Å². The van der Waals surface area contributed by atoms with E-state index < -0.39 is 11.2 Å². The second-order valence-corrected chi connectivity index (χ2v) is 12.5. The summed E-state index contributed by atoms with van der Waals surface area (Å²) >= 11 is 0. The number of ether oxygens (including phenoxy) is 4. The van der Waals surface area contributed by atoms with E-state index in [0.717, 1.165) is 39.1 Å². The van der Waals surface area contributed by atoms with Gasteiger partial charge >= 0.3 is 12.2 Å². The zero-order valence-electron chi connectivity index (χ0n) is 23.0. The summed E-state index contributed by atoms with van der Waals surface area (Å²) < 4.78 is 22.2. The van der Waals surface area contributed by atoms with Crippen LogP contribution in [0.4, 0.5) is 9.59 Å². The van der Waals surface area contributed by atoms with E-state index in [1.165, 1.54) is 0 Å². The molecule has 4 fully saturated rings. The van der Waals surface area contributed by atoms with Crippen molar-refractivity contribution in [1.82, 2.24) is 9.80 Å². The number of rotatable bonds is 2. The Bertz CT molecular complexity index is 678. The van der Waals surface area contributed by atoms with Gasteiger partial charge in [0.1, 0.15) is 11.2 Å². The quantitative estimate of drug-likeness (QED) is 0.577. The summed E-state index contributed by atoms with van der Waals surface area (Å²) in [6.45, 7) is 16.9. The van der Waals surface area contributed by atoms with Crippen LogP contribution in [0.1, 0.15) is 54.4 Å². The summed E-state index contributed by atoms with van der Waals surface area (Å²) in [6.07, 6.45) is 1.73. The Labute approximate surface area is 216 Å². The third-order valence-electron chi connectivity index (χ3n) is 7.38. The van der Waals surface area contributed by atoms with E-state index in [1.54, 1.807) is 9.80 Å². The minimum Gasteiger partial charge on any atom is -0.444 e. The molecule has 0 unspecified atom stereocenters. The maximum atomic E-state index is 12.0. The number of likely N-dealkylation sites (tertiary alicyclic amines) is 2. The molecule has 0 aromatic rings. The fourth-order valence-electron chi connectivity index (χ4n) is 5.53. The molecule has 36 heavy (non-hydrogen) atoms. The Balaban J connectivity index is 0.000000201. The molecule has 2 amide bonds. The van der Waals surface area contributed by atoms with Gasteiger partial charge < -0.3 is 40.2 Å². The predicted molar refractivity (Wildman–Crippen MR) is 136 cm³/mol. The number of hydrogen-bond acceptors (Lipinski definition) is 8. The first-order valence-corrected chi connectivity index (χ1v) is 13.4. The molecule has 4 aliphatic rings. The number of nitrogens with zero attached hydrogens (tertiary/aromatic N) is 2. The highest BCUT2D eigenvalue weighted by molar-refractivity contribution is 5.68. The van der Waals surface area contributed by atoms with Crippen molar-refractivity contribution in [3.05, 3.63) is 0 Å². The van der Waals surface area contributed by atoms with E-state index in [0.29, 0.717) is 49.9 Å². The normalized spacial score (nSPS) is 32.2. The molecule has 4 N–H and O–H groups in total.